The van der Waals surface area contributed by atoms with Crippen LogP contribution >= 0.6 is 22.7 Å². The maximum Gasteiger partial charge on any atom is 0.0555 e. The second-order valence-electron chi connectivity index (χ2n) is 12.1. The van der Waals surface area contributed by atoms with E-state index in [-0.39, 0.29) is 0 Å². The summed E-state index contributed by atoms with van der Waals surface area (Å²) < 4.78 is 5.25. The fourth-order valence-corrected chi connectivity index (χ4v) is 9.60. The molecule has 2 aromatic heterocycles. The van der Waals surface area contributed by atoms with Crippen LogP contribution in [0.1, 0.15) is 0 Å². The first-order valence-corrected chi connectivity index (χ1v) is 17.6. The normalized spacial score (nSPS) is 11.8. The SMILES string of the molecule is c1ccc(-c2ccc(N(c3ccc4ccc5ccccc5c4c3)c3ccc4sc5ccccc5c4c3)c3c2sc2ccccc23)cc1. The molecule has 10 aromatic rings. The number of rotatable bonds is 4. The second-order valence-corrected chi connectivity index (χ2v) is 14.2. The van der Waals surface area contributed by atoms with Crippen molar-refractivity contribution >= 4 is 102 Å². The summed E-state index contributed by atoms with van der Waals surface area (Å²) in [5, 5.41) is 10.2. The number of hydrogen-bond acceptors (Lipinski definition) is 3. The molecule has 0 unspecified atom stereocenters. The molecule has 2 heterocycles. The Hall–Kier alpha value is -5.48. The molecule has 10 rings (SSSR count). The standard InChI is InChI=1S/C44H27NS2/c1-2-10-28(11-3-1)34-23-24-39(43-36-15-7-9-17-41(36)47-44(34)43)45(32-22-25-42-38(27-32)35-14-6-8-16-40(35)46-42)31-21-20-30-19-18-29-12-4-5-13-33(29)37(30)26-31/h1-27H. The van der Waals surface area contributed by atoms with E-state index in [1.54, 1.807) is 0 Å². The molecule has 0 spiro atoms. The average Bonchev–Trinajstić information content (AvgIpc) is 3.71. The lowest BCUT2D eigenvalue weighted by Crippen LogP contribution is -2.10. The van der Waals surface area contributed by atoms with Gasteiger partial charge in [0.05, 0.1) is 5.69 Å². The summed E-state index contributed by atoms with van der Waals surface area (Å²) in [4.78, 5) is 2.49. The predicted octanol–water partition coefficient (Wildman–Crippen LogP) is 13.9. The van der Waals surface area contributed by atoms with Crippen molar-refractivity contribution in [3.63, 3.8) is 0 Å². The van der Waals surface area contributed by atoms with Gasteiger partial charge in [-0.2, -0.15) is 0 Å². The van der Waals surface area contributed by atoms with E-state index < -0.39 is 0 Å². The fraction of sp³-hybridized carbons (Fsp3) is 0. The molecule has 0 radical (unpaired) electrons. The van der Waals surface area contributed by atoms with Crippen LogP contribution in [0, 0.1) is 0 Å². The highest BCUT2D eigenvalue weighted by Gasteiger charge is 2.22. The second kappa shape index (κ2) is 10.5. The van der Waals surface area contributed by atoms with Crippen LogP contribution in [0.4, 0.5) is 17.1 Å². The molecule has 0 bridgehead atoms. The van der Waals surface area contributed by atoms with E-state index in [9.17, 15) is 0 Å². The Balaban J connectivity index is 1.31. The van der Waals surface area contributed by atoms with E-state index >= 15 is 0 Å². The van der Waals surface area contributed by atoms with Crippen LogP contribution in [0.25, 0.3) is 73.0 Å². The summed E-state index contributed by atoms with van der Waals surface area (Å²) >= 11 is 3.76. The van der Waals surface area contributed by atoms with Gasteiger partial charge in [-0.15, -0.1) is 22.7 Å². The summed E-state index contributed by atoms with van der Waals surface area (Å²) in [6.07, 6.45) is 0. The summed E-state index contributed by atoms with van der Waals surface area (Å²) in [5.41, 5.74) is 6.01. The van der Waals surface area contributed by atoms with Gasteiger partial charge in [-0.25, -0.2) is 0 Å². The molecule has 0 saturated carbocycles. The van der Waals surface area contributed by atoms with Gasteiger partial charge in [0.2, 0.25) is 0 Å². The maximum atomic E-state index is 2.49. The minimum atomic E-state index is 1.15. The van der Waals surface area contributed by atoms with Crippen molar-refractivity contribution in [2.75, 3.05) is 4.90 Å². The number of thiophene rings is 2. The molecule has 3 heteroatoms. The lowest BCUT2D eigenvalue weighted by atomic mass is 9.99. The van der Waals surface area contributed by atoms with Crippen LogP contribution in [-0.4, -0.2) is 0 Å². The van der Waals surface area contributed by atoms with Crippen molar-refractivity contribution in [2.24, 2.45) is 0 Å². The highest BCUT2D eigenvalue weighted by Crippen LogP contribution is 2.49. The van der Waals surface area contributed by atoms with Crippen molar-refractivity contribution < 1.29 is 0 Å². The van der Waals surface area contributed by atoms with Gasteiger partial charge < -0.3 is 4.90 Å². The molecule has 220 valence electrons. The number of benzene rings is 8. The van der Waals surface area contributed by atoms with E-state index in [4.69, 9.17) is 0 Å². The highest BCUT2D eigenvalue weighted by atomic mass is 32.1. The minimum absolute atomic E-state index is 1.15. The minimum Gasteiger partial charge on any atom is -0.310 e. The molecule has 0 aliphatic carbocycles. The van der Waals surface area contributed by atoms with Gasteiger partial charge in [0.1, 0.15) is 0 Å². The molecule has 0 N–H and O–H groups in total. The smallest absolute Gasteiger partial charge is 0.0555 e. The lowest BCUT2D eigenvalue weighted by molar-refractivity contribution is 1.31. The zero-order chi connectivity index (χ0) is 30.9. The largest absolute Gasteiger partial charge is 0.310 e. The zero-order valence-electron chi connectivity index (χ0n) is 25.4. The Kier molecular flexibility index (Phi) is 5.98. The van der Waals surface area contributed by atoms with E-state index in [0.717, 1.165) is 11.4 Å². The third kappa shape index (κ3) is 4.21. The molecule has 0 atom stereocenters. The maximum absolute atomic E-state index is 2.49. The van der Waals surface area contributed by atoms with Crippen molar-refractivity contribution in [1.29, 1.82) is 0 Å². The number of nitrogens with zero attached hydrogens (tertiary/aromatic N) is 1. The van der Waals surface area contributed by atoms with Crippen LogP contribution < -0.4 is 4.90 Å². The Morgan fingerprint density at radius 3 is 1.81 bits per heavy atom. The summed E-state index contributed by atoms with van der Waals surface area (Å²) in [6.45, 7) is 0. The van der Waals surface area contributed by atoms with Gasteiger partial charge in [0.15, 0.2) is 0 Å². The van der Waals surface area contributed by atoms with Gasteiger partial charge in [0, 0.05) is 51.7 Å². The molecule has 8 aromatic carbocycles. The summed E-state index contributed by atoms with van der Waals surface area (Å²) in [5.74, 6) is 0. The van der Waals surface area contributed by atoms with Gasteiger partial charge in [-0.05, 0) is 81.2 Å². The van der Waals surface area contributed by atoms with Gasteiger partial charge in [-0.3, -0.25) is 0 Å². The molecule has 1 nitrogen and oxygen atoms in total. The van der Waals surface area contributed by atoms with E-state index in [2.05, 4.69) is 169 Å². The van der Waals surface area contributed by atoms with Crippen molar-refractivity contribution in [1.82, 2.24) is 0 Å². The van der Waals surface area contributed by atoms with Crippen molar-refractivity contribution in [2.45, 2.75) is 0 Å². The Morgan fingerprint density at radius 2 is 0.979 bits per heavy atom. The summed E-state index contributed by atoms with van der Waals surface area (Å²) in [7, 11) is 0. The van der Waals surface area contributed by atoms with Crippen LogP contribution in [0.5, 0.6) is 0 Å². The number of anilines is 3. The van der Waals surface area contributed by atoms with Gasteiger partial charge >= 0.3 is 0 Å². The Morgan fingerprint density at radius 1 is 0.383 bits per heavy atom. The number of fused-ring (bicyclic) bond motifs is 9. The third-order valence-corrected chi connectivity index (χ3v) is 11.8. The first-order chi connectivity index (χ1) is 23.3. The Labute approximate surface area is 280 Å². The van der Waals surface area contributed by atoms with Crippen LogP contribution in [-0.2, 0) is 0 Å². The van der Waals surface area contributed by atoms with Crippen LogP contribution in [0.2, 0.25) is 0 Å². The Bertz CT molecular complexity index is 2810. The molecule has 47 heavy (non-hydrogen) atoms. The highest BCUT2D eigenvalue weighted by molar-refractivity contribution is 7.26. The quantitative estimate of drug-likeness (QED) is 0.174. The first-order valence-electron chi connectivity index (χ1n) is 15.9. The molecule has 0 saturated heterocycles. The molecular formula is C44H27NS2. The van der Waals surface area contributed by atoms with E-state index in [1.165, 1.54) is 78.7 Å². The topological polar surface area (TPSA) is 3.24 Å². The third-order valence-electron chi connectivity index (χ3n) is 9.44. The van der Waals surface area contributed by atoms with E-state index in [1.807, 2.05) is 22.7 Å². The van der Waals surface area contributed by atoms with Crippen LogP contribution in [0.15, 0.2) is 164 Å². The van der Waals surface area contributed by atoms with E-state index in [0.29, 0.717) is 0 Å². The van der Waals surface area contributed by atoms with Crippen molar-refractivity contribution in [3.8, 4) is 11.1 Å². The lowest BCUT2D eigenvalue weighted by Gasteiger charge is -2.27. The molecular weight excluding hydrogens is 607 g/mol. The molecule has 0 amide bonds. The van der Waals surface area contributed by atoms with Gasteiger partial charge in [0.25, 0.3) is 0 Å². The number of hydrogen-bond donors (Lipinski definition) is 0. The molecule has 0 fully saturated rings. The molecule has 0 aliphatic rings. The monoisotopic (exact) mass is 633 g/mol. The average molecular weight is 634 g/mol. The fourth-order valence-electron chi connectivity index (χ4n) is 7.25. The molecule has 0 aliphatic heterocycles. The zero-order valence-corrected chi connectivity index (χ0v) is 27.0. The summed E-state index contributed by atoms with van der Waals surface area (Å²) in [6, 6.07) is 60.3. The first kappa shape index (κ1) is 26.7. The van der Waals surface area contributed by atoms with Crippen LogP contribution in [0.3, 0.4) is 0 Å². The van der Waals surface area contributed by atoms with Crippen molar-refractivity contribution in [3.05, 3.63) is 164 Å². The van der Waals surface area contributed by atoms with Gasteiger partial charge in [-0.1, -0.05) is 115 Å². The predicted molar refractivity (Wildman–Crippen MR) is 207 cm³/mol.